The number of aliphatic imine (C=N–C) groups is 1. The van der Waals surface area contributed by atoms with E-state index in [9.17, 15) is 0 Å². The lowest BCUT2D eigenvalue weighted by Crippen LogP contribution is -2.39. The molecular weight excluding hydrogens is 250 g/mol. The molecule has 1 aromatic rings. The Morgan fingerprint density at radius 3 is 2.80 bits per heavy atom. The molecule has 1 aromatic carbocycles. The molecule has 110 valence electrons. The zero-order valence-corrected chi connectivity index (χ0v) is 12.6. The molecule has 1 N–H and O–H groups in total. The van der Waals surface area contributed by atoms with Crippen molar-refractivity contribution >= 4 is 5.96 Å². The van der Waals surface area contributed by atoms with E-state index in [1.807, 2.05) is 19.1 Å². The second kappa shape index (κ2) is 7.78. The van der Waals surface area contributed by atoms with Gasteiger partial charge in [0, 0.05) is 19.6 Å². The fourth-order valence-electron chi connectivity index (χ4n) is 2.42. The third kappa shape index (κ3) is 4.15. The first-order valence-corrected chi connectivity index (χ1v) is 7.58. The van der Waals surface area contributed by atoms with Crippen molar-refractivity contribution in [2.24, 2.45) is 4.99 Å². The van der Waals surface area contributed by atoms with Crippen molar-refractivity contribution in [3.05, 3.63) is 29.8 Å². The minimum atomic E-state index is 0.694. The van der Waals surface area contributed by atoms with Gasteiger partial charge in [-0.2, -0.15) is 0 Å². The maximum atomic E-state index is 5.53. The third-order valence-electron chi connectivity index (χ3n) is 3.36. The highest BCUT2D eigenvalue weighted by Gasteiger charge is 2.15. The molecule has 0 aliphatic carbocycles. The molecule has 20 heavy (non-hydrogen) atoms. The largest absolute Gasteiger partial charge is 0.494 e. The molecule has 2 rings (SSSR count). The van der Waals surface area contributed by atoms with Crippen LogP contribution in [0.25, 0.3) is 0 Å². The van der Waals surface area contributed by atoms with Crippen molar-refractivity contribution in [1.29, 1.82) is 0 Å². The van der Waals surface area contributed by atoms with Crippen LogP contribution < -0.4 is 10.1 Å². The smallest absolute Gasteiger partial charge is 0.194 e. The van der Waals surface area contributed by atoms with Crippen LogP contribution in [0.4, 0.5) is 0 Å². The van der Waals surface area contributed by atoms with Crippen LogP contribution in [0.2, 0.25) is 0 Å². The highest BCUT2D eigenvalue weighted by atomic mass is 16.5. The van der Waals surface area contributed by atoms with Gasteiger partial charge in [-0.05, 0) is 44.4 Å². The molecule has 0 unspecified atom stereocenters. The van der Waals surface area contributed by atoms with Gasteiger partial charge in [-0.1, -0.05) is 12.1 Å². The number of likely N-dealkylation sites (tertiary alicyclic amines) is 1. The Hall–Kier alpha value is -1.71. The van der Waals surface area contributed by atoms with Gasteiger partial charge in [-0.3, -0.25) is 0 Å². The van der Waals surface area contributed by atoms with E-state index in [-0.39, 0.29) is 0 Å². The first-order chi connectivity index (χ1) is 9.83. The second-order valence-electron chi connectivity index (χ2n) is 4.94. The molecule has 0 bridgehead atoms. The predicted octanol–water partition coefficient (Wildman–Crippen LogP) is 2.65. The Balaban J connectivity index is 2.02. The molecule has 4 nitrogen and oxygen atoms in total. The van der Waals surface area contributed by atoms with Gasteiger partial charge in [0.15, 0.2) is 5.96 Å². The number of hydrogen-bond acceptors (Lipinski definition) is 2. The SMILES string of the molecule is CCNC(=NCc1cccc(OCC)c1)N1CCCC1. The highest BCUT2D eigenvalue weighted by Crippen LogP contribution is 2.14. The average Bonchev–Trinajstić information content (AvgIpc) is 2.98. The molecule has 1 aliphatic rings. The van der Waals surface area contributed by atoms with Crippen molar-refractivity contribution < 1.29 is 4.74 Å². The Morgan fingerprint density at radius 1 is 1.30 bits per heavy atom. The summed E-state index contributed by atoms with van der Waals surface area (Å²) in [5.74, 6) is 1.96. The van der Waals surface area contributed by atoms with Gasteiger partial charge in [0.1, 0.15) is 5.75 Å². The zero-order chi connectivity index (χ0) is 14.2. The Labute approximate surface area is 121 Å². The summed E-state index contributed by atoms with van der Waals surface area (Å²) in [7, 11) is 0. The Morgan fingerprint density at radius 2 is 2.10 bits per heavy atom. The summed E-state index contributed by atoms with van der Waals surface area (Å²) in [6.45, 7) is 8.65. The predicted molar refractivity (Wildman–Crippen MR) is 83.2 cm³/mol. The van der Waals surface area contributed by atoms with Crippen molar-refractivity contribution in [1.82, 2.24) is 10.2 Å². The van der Waals surface area contributed by atoms with E-state index < -0.39 is 0 Å². The number of ether oxygens (including phenoxy) is 1. The quantitative estimate of drug-likeness (QED) is 0.663. The number of nitrogens with one attached hydrogen (secondary N) is 1. The highest BCUT2D eigenvalue weighted by molar-refractivity contribution is 5.80. The average molecular weight is 275 g/mol. The van der Waals surface area contributed by atoms with Gasteiger partial charge in [-0.15, -0.1) is 0 Å². The first kappa shape index (κ1) is 14.7. The molecule has 4 heteroatoms. The van der Waals surface area contributed by atoms with Crippen LogP contribution in [0.3, 0.4) is 0 Å². The van der Waals surface area contributed by atoms with Gasteiger partial charge in [0.05, 0.1) is 13.2 Å². The minimum Gasteiger partial charge on any atom is -0.494 e. The van der Waals surface area contributed by atoms with E-state index in [4.69, 9.17) is 9.73 Å². The van der Waals surface area contributed by atoms with Crippen LogP contribution in [0.15, 0.2) is 29.3 Å². The number of rotatable bonds is 5. The third-order valence-corrected chi connectivity index (χ3v) is 3.36. The lowest BCUT2D eigenvalue weighted by molar-refractivity contribution is 0.340. The zero-order valence-electron chi connectivity index (χ0n) is 12.6. The molecule has 1 fully saturated rings. The maximum absolute atomic E-state index is 5.53. The van der Waals surface area contributed by atoms with Gasteiger partial charge < -0.3 is 15.0 Å². The molecule has 1 saturated heterocycles. The molecular formula is C16H25N3O. The van der Waals surface area contributed by atoms with Crippen molar-refractivity contribution in [2.45, 2.75) is 33.2 Å². The molecule has 1 aliphatic heterocycles. The van der Waals surface area contributed by atoms with Gasteiger partial charge >= 0.3 is 0 Å². The second-order valence-corrected chi connectivity index (χ2v) is 4.94. The summed E-state index contributed by atoms with van der Waals surface area (Å²) < 4.78 is 5.53. The van der Waals surface area contributed by atoms with E-state index in [2.05, 4.69) is 29.3 Å². The maximum Gasteiger partial charge on any atom is 0.194 e. The molecule has 1 heterocycles. The number of hydrogen-bond donors (Lipinski definition) is 1. The van der Waals surface area contributed by atoms with E-state index in [0.29, 0.717) is 13.2 Å². The van der Waals surface area contributed by atoms with Crippen LogP contribution in [-0.4, -0.2) is 37.1 Å². The lowest BCUT2D eigenvalue weighted by Gasteiger charge is -2.20. The van der Waals surface area contributed by atoms with Crippen LogP contribution in [0.5, 0.6) is 5.75 Å². The summed E-state index contributed by atoms with van der Waals surface area (Å²) in [5, 5.41) is 3.38. The van der Waals surface area contributed by atoms with Crippen molar-refractivity contribution in [2.75, 3.05) is 26.2 Å². The molecule has 0 amide bonds. The summed E-state index contributed by atoms with van der Waals surface area (Å²) in [6.07, 6.45) is 2.54. The van der Waals surface area contributed by atoms with Crippen LogP contribution in [-0.2, 0) is 6.54 Å². The fourth-order valence-corrected chi connectivity index (χ4v) is 2.42. The van der Waals surface area contributed by atoms with Gasteiger partial charge in [-0.25, -0.2) is 4.99 Å². The van der Waals surface area contributed by atoms with Gasteiger partial charge in [0.25, 0.3) is 0 Å². The van der Waals surface area contributed by atoms with E-state index >= 15 is 0 Å². The normalized spacial score (nSPS) is 15.5. The first-order valence-electron chi connectivity index (χ1n) is 7.58. The monoisotopic (exact) mass is 275 g/mol. The fraction of sp³-hybridized carbons (Fsp3) is 0.562. The number of guanidine groups is 1. The topological polar surface area (TPSA) is 36.9 Å². The van der Waals surface area contributed by atoms with Crippen LogP contribution >= 0.6 is 0 Å². The van der Waals surface area contributed by atoms with Crippen molar-refractivity contribution in [3.63, 3.8) is 0 Å². The standard InChI is InChI=1S/C16H25N3O/c1-3-17-16(19-10-5-6-11-19)18-13-14-8-7-9-15(12-14)20-4-2/h7-9,12H,3-6,10-11,13H2,1-2H3,(H,17,18). The van der Waals surface area contributed by atoms with Gasteiger partial charge in [0.2, 0.25) is 0 Å². The number of nitrogens with zero attached hydrogens (tertiary/aromatic N) is 2. The van der Waals surface area contributed by atoms with E-state index in [1.165, 1.54) is 18.4 Å². The van der Waals surface area contributed by atoms with Crippen molar-refractivity contribution in [3.8, 4) is 5.75 Å². The van der Waals surface area contributed by atoms with Crippen LogP contribution in [0, 0.1) is 0 Å². The summed E-state index contributed by atoms with van der Waals surface area (Å²) >= 11 is 0. The van der Waals surface area contributed by atoms with E-state index in [0.717, 1.165) is 31.3 Å². The molecule has 0 radical (unpaired) electrons. The van der Waals surface area contributed by atoms with Crippen LogP contribution in [0.1, 0.15) is 32.3 Å². The molecule has 0 spiro atoms. The lowest BCUT2D eigenvalue weighted by atomic mass is 10.2. The molecule has 0 aromatic heterocycles. The number of benzene rings is 1. The Kier molecular flexibility index (Phi) is 5.71. The summed E-state index contributed by atoms with van der Waals surface area (Å²) in [4.78, 5) is 7.09. The summed E-state index contributed by atoms with van der Waals surface area (Å²) in [6, 6.07) is 8.18. The summed E-state index contributed by atoms with van der Waals surface area (Å²) in [5.41, 5.74) is 1.19. The minimum absolute atomic E-state index is 0.694. The molecule has 0 atom stereocenters. The Bertz CT molecular complexity index is 439. The van der Waals surface area contributed by atoms with E-state index in [1.54, 1.807) is 0 Å². The molecule has 0 saturated carbocycles.